The molecule has 3 fully saturated rings. The number of hydrogen-bond donors (Lipinski definition) is 0. The van der Waals surface area contributed by atoms with Crippen molar-refractivity contribution in [2.75, 3.05) is 19.6 Å². The van der Waals surface area contributed by atoms with Crippen LogP contribution in [0.4, 0.5) is 0 Å². The maximum Gasteiger partial charge on any atom is 0.138 e. The Labute approximate surface area is 143 Å². The van der Waals surface area contributed by atoms with Crippen LogP contribution in [-0.4, -0.2) is 50.2 Å². The minimum absolute atomic E-state index is 0.626. The second-order valence-corrected chi connectivity index (χ2v) is 7.48. The van der Waals surface area contributed by atoms with Crippen LogP contribution in [0.3, 0.4) is 0 Å². The minimum atomic E-state index is 0.626. The van der Waals surface area contributed by atoms with Crippen LogP contribution in [0.1, 0.15) is 35.7 Å². The molecule has 6 heteroatoms. The van der Waals surface area contributed by atoms with Crippen molar-refractivity contribution in [3.05, 3.63) is 35.2 Å². The van der Waals surface area contributed by atoms with Crippen LogP contribution in [0, 0.1) is 19.8 Å². The van der Waals surface area contributed by atoms with Crippen molar-refractivity contribution in [1.29, 1.82) is 0 Å². The van der Waals surface area contributed by atoms with E-state index in [0.29, 0.717) is 6.04 Å². The highest BCUT2D eigenvalue weighted by atomic mass is 16.5. The SMILES string of the molecule is Cc1noc(C)c1CN1C[C@@H]2CC[C@H](C1)N(Cc1nccn1C)C2. The van der Waals surface area contributed by atoms with Crippen molar-refractivity contribution in [1.82, 2.24) is 24.5 Å². The van der Waals surface area contributed by atoms with Crippen LogP contribution in [0.2, 0.25) is 0 Å². The first kappa shape index (κ1) is 15.8. The maximum atomic E-state index is 5.34. The van der Waals surface area contributed by atoms with Gasteiger partial charge in [-0.1, -0.05) is 5.16 Å². The van der Waals surface area contributed by atoms with Crippen molar-refractivity contribution in [3.63, 3.8) is 0 Å². The molecular formula is C18H27N5O. The summed E-state index contributed by atoms with van der Waals surface area (Å²) < 4.78 is 7.48. The topological polar surface area (TPSA) is 50.3 Å². The first-order chi connectivity index (χ1) is 11.6. The zero-order valence-corrected chi connectivity index (χ0v) is 14.9. The van der Waals surface area contributed by atoms with E-state index >= 15 is 0 Å². The van der Waals surface area contributed by atoms with E-state index in [-0.39, 0.29) is 0 Å². The molecule has 3 aliphatic heterocycles. The molecule has 3 aliphatic rings. The van der Waals surface area contributed by atoms with Crippen LogP contribution in [-0.2, 0) is 20.1 Å². The Morgan fingerprint density at radius 2 is 2.04 bits per heavy atom. The summed E-state index contributed by atoms with van der Waals surface area (Å²) in [6.07, 6.45) is 6.58. The average Bonchev–Trinajstić information content (AvgIpc) is 2.96. The van der Waals surface area contributed by atoms with Crippen molar-refractivity contribution in [2.24, 2.45) is 13.0 Å². The lowest BCUT2D eigenvalue weighted by Crippen LogP contribution is -2.43. The van der Waals surface area contributed by atoms with Gasteiger partial charge in [0.15, 0.2) is 0 Å². The molecule has 2 aromatic heterocycles. The van der Waals surface area contributed by atoms with Crippen LogP contribution in [0.5, 0.6) is 0 Å². The quantitative estimate of drug-likeness (QED) is 0.860. The highest BCUT2D eigenvalue weighted by molar-refractivity contribution is 5.20. The Morgan fingerprint density at radius 3 is 2.75 bits per heavy atom. The van der Waals surface area contributed by atoms with Gasteiger partial charge in [0.25, 0.3) is 0 Å². The molecule has 0 aliphatic carbocycles. The summed E-state index contributed by atoms with van der Waals surface area (Å²) in [7, 11) is 2.09. The zero-order valence-electron chi connectivity index (χ0n) is 14.9. The molecular weight excluding hydrogens is 302 g/mol. The maximum absolute atomic E-state index is 5.34. The van der Waals surface area contributed by atoms with Gasteiger partial charge in [-0.15, -0.1) is 0 Å². The summed E-state index contributed by atoms with van der Waals surface area (Å²) in [5.41, 5.74) is 2.31. The van der Waals surface area contributed by atoms with Gasteiger partial charge in [0.1, 0.15) is 11.6 Å². The second-order valence-electron chi connectivity index (χ2n) is 7.48. The Hall–Kier alpha value is -1.66. The van der Waals surface area contributed by atoms with Gasteiger partial charge in [0.2, 0.25) is 0 Å². The molecule has 2 atom stereocenters. The summed E-state index contributed by atoms with van der Waals surface area (Å²) in [6, 6.07) is 0.626. The lowest BCUT2D eigenvalue weighted by atomic mass is 9.95. The van der Waals surface area contributed by atoms with Gasteiger partial charge in [-0.2, -0.15) is 0 Å². The third kappa shape index (κ3) is 3.00. The fraction of sp³-hybridized carbons (Fsp3) is 0.667. The van der Waals surface area contributed by atoms with E-state index in [4.69, 9.17) is 4.52 Å². The Balaban J connectivity index is 1.47. The van der Waals surface area contributed by atoms with E-state index < -0.39 is 0 Å². The molecule has 0 radical (unpaired) electrons. The van der Waals surface area contributed by atoms with E-state index in [1.54, 1.807) is 0 Å². The van der Waals surface area contributed by atoms with Crippen molar-refractivity contribution < 1.29 is 4.52 Å². The Morgan fingerprint density at radius 1 is 1.17 bits per heavy atom. The third-order valence-electron chi connectivity index (χ3n) is 5.73. The standard InChI is InChI=1S/C18H27N5O/c1-13-17(14(2)24-20-13)11-22-8-15-4-5-16(10-22)23(9-15)12-18-19-6-7-21(18)3/h6-7,15-16H,4-5,8-12H2,1-3H3/t15-,16+/m0/s1. The van der Waals surface area contributed by atoms with Crippen molar-refractivity contribution >= 4 is 0 Å². The average molecular weight is 329 g/mol. The molecule has 24 heavy (non-hydrogen) atoms. The Bertz CT molecular complexity index is 687. The summed E-state index contributed by atoms with van der Waals surface area (Å²) in [5.74, 6) is 2.89. The summed E-state index contributed by atoms with van der Waals surface area (Å²) in [4.78, 5) is 9.76. The van der Waals surface area contributed by atoms with Gasteiger partial charge in [0, 0.05) is 57.2 Å². The number of rotatable bonds is 4. The molecule has 0 unspecified atom stereocenters. The smallest absolute Gasteiger partial charge is 0.138 e. The van der Waals surface area contributed by atoms with Gasteiger partial charge in [-0.05, 0) is 32.6 Å². The molecule has 5 rings (SSSR count). The first-order valence-corrected chi connectivity index (χ1v) is 8.94. The van der Waals surface area contributed by atoms with Gasteiger partial charge in [-0.25, -0.2) is 4.98 Å². The zero-order chi connectivity index (χ0) is 16.7. The number of imidazole rings is 1. The lowest BCUT2D eigenvalue weighted by molar-refractivity contribution is 0.119. The monoisotopic (exact) mass is 329 g/mol. The van der Waals surface area contributed by atoms with E-state index in [9.17, 15) is 0 Å². The molecule has 2 aromatic rings. The largest absolute Gasteiger partial charge is 0.361 e. The van der Waals surface area contributed by atoms with Crippen LogP contribution >= 0.6 is 0 Å². The molecule has 0 spiro atoms. The summed E-state index contributed by atoms with van der Waals surface area (Å²) in [6.45, 7) is 9.49. The van der Waals surface area contributed by atoms with Crippen LogP contribution in [0.25, 0.3) is 0 Å². The number of hydrogen-bond acceptors (Lipinski definition) is 5. The highest BCUT2D eigenvalue weighted by Gasteiger charge is 2.35. The van der Waals surface area contributed by atoms with Gasteiger partial charge >= 0.3 is 0 Å². The predicted molar refractivity (Wildman–Crippen MR) is 91.4 cm³/mol. The van der Waals surface area contributed by atoms with Crippen molar-refractivity contribution in [3.8, 4) is 0 Å². The predicted octanol–water partition coefficient (Wildman–Crippen LogP) is 2.12. The van der Waals surface area contributed by atoms with Crippen molar-refractivity contribution in [2.45, 2.75) is 45.8 Å². The molecule has 6 nitrogen and oxygen atoms in total. The molecule has 3 saturated heterocycles. The molecule has 0 amide bonds. The number of piperidine rings is 1. The number of nitrogens with zero attached hydrogens (tertiary/aromatic N) is 5. The molecule has 5 heterocycles. The van der Waals surface area contributed by atoms with E-state index in [2.05, 4.69) is 31.6 Å². The fourth-order valence-corrected chi connectivity index (χ4v) is 4.28. The minimum Gasteiger partial charge on any atom is -0.361 e. The van der Waals surface area contributed by atoms with E-state index in [0.717, 1.165) is 37.0 Å². The first-order valence-electron chi connectivity index (χ1n) is 8.94. The Kier molecular flexibility index (Phi) is 4.18. The van der Waals surface area contributed by atoms with Crippen LogP contribution in [0.15, 0.2) is 16.9 Å². The lowest BCUT2D eigenvalue weighted by Gasteiger charge is -2.35. The van der Waals surface area contributed by atoms with E-state index in [1.807, 2.05) is 26.2 Å². The third-order valence-corrected chi connectivity index (χ3v) is 5.73. The summed E-state index contributed by atoms with van der Waals surface area (Å²) >= 11 is 0. The highest BCUT2D eigenvalue weighted by Crippen LogP contribution is 2.30. The number of aromatic nitrogens is 3. The number of fused-ring (bicyclic) bond motifs is 4. The second kappa shape index (κ2) is 6.33. The molecule has 2 bridgehead atoms. The van der Waals surface area contributed by atoms with Gasteiger partial charge in [0.05, 0.1) is 12.2 Å². The molecule has 0 aromatic carbocycles. The molecule has 130 valence electrons. The normalized spacial score (nSPS) is 25.3. The molecule has 0 N–H and O–H groups in total. The van der Waals surface area contributed by atoms with Crippen LogP contribution < -0.4 is 0 Å². The fourth-order valence-electron chi connectivity index (χ4n) is 4.28. The van der Waals surface area contributed by atoms with E-state index in [1.165, 1.54) is 37.3 Å². The molecule has 0 saturated carbocycles. The van der Waals surface area contributed by atoms with Gasteiger partial charge in [-0.3, -0.25) is 9.80 Å². The summed E-state index contributed by atoms with van der Waals surface area (Å²) in [5, 5.41) is 4.11. The van der Waals surface area contributed by atoms with Gasteiger partial charge < -0.3 is 9.09 Å². The number of aryl methyl sites for hydroxylation is 3.